The van der Waals surface area contributed by atoms with Crippen molar-refractivity contribution < 1.29 is 4.79 Å². The molecule has 1 heterocycles. The first-order chi connectivity index (χ1) is 9.15. The minimum atomic E-state index is -0.0277. The molecule has 1 aromatic carbocycles. The number of aryl methyl sites for hydroxylation is 1. The van der Waals surface area contributed by atoms with E-state index in [1.54, 1.807) is 18.3 Å². The number of anilines is 1. The highest BCUT2D eigenvalue weighted by Crippen LogP contribution is 2.22. The molecule has 0 aliphatic heterocycles. The standard InChI is InChI=1S/C13H12Cl2N2OS/c14-10-5-4-9(11(15)8-10)2-1-3-12(18)17-13-16-6-7-19-13/h4-8H,1-3H2,(H,16,17,18). The van der Waals surface area contributed by atoms with E-state index < -0.39 is 0 Å². The second kappa shape index (κ2) is 6.89. The number of halogens is 2. The zero-order chi connectivity index (χ0) is 13.7. The lowest BCUT2D eigenvalue weighted by Gasteiger charge is -2.05. The van der Waals surface area contributed by atoms with Gasteiger partial charge in [-0.05, 0) is 30.5 Å². The number of aromatic nitrogens is 1. The normalized spacial score (nSPS) is 10.4. The maximum absolute atomic E-state index is 11.6. The topological polar surface area (TPSA) is 42.0 Å². The monoisotopic (exact) mass is 314 g/mol. The summed E-state index contributed by atoms with van der Waals surface area (Å²) in [7, 11) is 0. The minimum absolute atomic E-state index is 0.0277. The number of nitrogens with zero attached hydrogens (tertiary/aromatic N) is 1. The van der Waals surface area contributed by atoms with Gasteiger partial charge in [-0.1, -0.05) is 29.3 Å². The molecule has 0 saturated carbocycles. The summed E-state index contributed by atoms with van der Waals surface area (Å²) in [5, 5.41) is 6.47. The summed E-state index contributed by atoms with van der Waals surface area (Å²) in [4.78, 5) is 15.6. The van der Waals surface area contributed by atoms with Crippen LogP contribution in [0.2, 0.25) is 10.0 Å². The fourth-order valence-corrected chi connectivity index (χ4v) is 2.68. The van der Waals surface area contributed by atoms with Crippen molar-refractivity contribution in [1.29, 1.82) is 0 Å². The zero-order valence-electron chi connectivity index (χ0n) is 10.0. The van der Waals surface area contributed by atoms with Crippen LogP contribution in [0.15, 0.2) is 29.8 Å². The highest BCUT2D eigenvalue weighted by atomic mass is 35.5. The molecule has 0 unspecified atom stereocenters. The van der Waals surface area contributed by atoms with Crippen LogP contribution < -0.4 is 5.32 Å². The van der Waals surface area contributed by atoms with Gasteiger partial charge in [-0.2, -0.15) is 0 Å². The first-order valence-corrected chi connectivity index (χ1v) is 7.42. The Labute approximate surface area is 125 Å². The van der Waals surface area contributed by atoms with Crippen LogP contribution >= 0.6 is 34.5 Å². The molecule has 0 spiro atoms. The Morgan fingerprint density at radius 3 is 2.89 bits per heavy atom. The van der Waals surface area contributed by atoms with Gasteiger partial charge in [0.05, 0.1) is 0 Å². The Balaban J connectivity index is 1.78. The Bertz CT molecular complexity index is 558. The molecule has 100 valence electrons. The average molecular weight is 315 g/mol. The van der Waals surface area contributed by atoms with Crippen LogP contribution in [0.1, 0.15) is 18.4 Å². The Morgan fingerprint density at radius 1 is 1.37 bits per heavy atom. The summed E-state index contributed by atoms with van der Waals surface area (Å²) in [5.41, 5.74) is 1.01. The lowest BCUT2D eigenvalue weighted by atomic mass is 10.1. The maximum Gasteiger partial charge on any atom is 0.226 e. The number of rotatable bonds is 5. The summed E-state index contributed by atoms with van der Waals surface area (Å²) in [5.74, 6) is -0.0277. The van der Waals surface area contributed by atoms with Gasteiger partial charge >= 0.3 is 0 Å². The first-order valence-electron chi connectivity index (χ1n) is 5.78. The SMILES string of the molecule is O=C(CCCc1ccc(Cl)cc1Cl)Nc1nccs1. The molecular formula is C13H12Cl2N2OS. The van der Waals surface area contributed by atoms with E-state index >= 15 is 0 Å². The van der Waals surface area contributed by atoms with Gasteiger partial charge < -0.3 is 5.32 Å². The molecule has 1 aromatic heterocycles. The molecule has 0 fully saturated rings. The number of thiazole rings is 1. The fraction of sp³-hybridized carbons (Fsp3) is 0.231. The average Bonchev–Trinajstić information content (AvgIpc) is 2.84. The van der Waals surface area contributed by atoms with Crippen molar-refractivity contribution in [2.24, 2.45) is 0 Å². The predicted molar refractivity (Wildman–Crippen MR) is 80.1 cm³/mol. The Hall–Kier alpha value is -1.10. The fourth-order valence-electron chi connectivity index (χ4n) is 1.63. The summed E-state index contributed by atoms with van der Waals surface area (Å²) in [6.07, 6.45) is 3.59. The summed E-state index contributed by atoms with van der Waals surface area (Å²) < 4.78 is 0. The molecule has 6 heteroatoms. The van der Waals surface area contributed by atoms with Gasteiger partial charge in [0, 0.05) is 28.0 Å². The van der Waals surface area contributed by atoms with Crippen LogP contribution in [-0.2, 0) is 11.2 Å². The number of hydrogen-bond donors (Lipinski definition) is 1. The van der Waals surface area contributed by atoms with Crippen LogP contribution in [0, 0.1) is 0 Å². The summed E-state index contributed by atoms with van der Waals surface area (Å²) >= 11 is 13.3. The molecule has 0 aliphatic carbocycles. The van der Waals surface area contributed by atoms with Crippen molar-refractivity contribution in [3.63, 3.8) is 0 Å². The number of carbonyl (C=O) groups excluding carboxylic acids is 1. The number of benzene rings is 1. The number of carbonyl (C=O) groups is 1. The molecule has 3 nitrogen and oxygen atoms in total. The van der Waals surface area contributed by atoms with E-state index in [0.29, 0.717) is 21.6 Å². The van der Waals surface area contributed by atoms with Crippen LogP contribution in [0.4, 0.5) is 5.13 Å². The number of hydrogen-bond acceptors (Lipinski definition) is 3. The van der Waals surface area contributed by atoms with Crippen molar-refractivity contribution in [3.8, 4) is 0 Å². The van der Waals surface area contributed by atoms with Gasteiger partial charge in [-0.25, -0.2) is 4.98 Å². The van der Waals surface area contributed by atoms with Crippen LogP contribution in [0.5, 0.6) is 0 Å². The van der Waals surface area contributed by atoms with Crippen molar-refractivity contribution in [2.45, 2.75) is 19.3 Å². The maximum atomic E-state index is 11.6. The summed E-state index contributed by atoms with van der Waals surface area (Å²) in [6.45, 7) is 0. The molecule has 0 aliphatic rings. The smallest absolute Gasteiger partial charge is 0.226 e. The van der Waals surface area contributed by atoms with Crippen LogP contribution in [0.3, 0.4) is 0 Å². The lowest BCUT2D eigenvalue weighted by molar-refractivity contribution is -0.116. The quantitative estimate of drug-likeness (QED) is 0.888. The lowest BCUT2D eigenvalue weighted by Crippen LogP contribution is -2.11. The highest BCUT2D eigenvalue weighted by Gasteiger charge is 2.06. The van der Waals surface area contributed by atoms with Crippen molar-refractivity contribution in [2.75, 3.05) is 5.32 Å². The summed E-state index contributed by atoms with van der Waals surface area (Å²) in [6, 6.07) is 5.41. The van der Waals surface area contributed by atoms with Gasteiger partial charge in [0.25, 0.3) is 0 Å². The third-order valence-corrected chi connectivity index (χ3v) is 3.82. The van der Waals surface area contributed by atoms with E-state index in [1.165, 1.54) is 11.3 Å². The van der Waals surface area contributed by atoms with Crippen molar-refractivity contribution in [1.82, 2.24) is 4.98 Å². The van der Waals surface area contributed by atoms with E-state index in [2.05, 4.69) is 10.3 Å². The minimum Gasteiger partial charge on any atom is -0.302 e. The Morgan fingerprint density at radius 2 is 2.21 bits per heavy atom. The molecule has 2 aromatic rings. The molecule has 0 atom stereocenters. The first kappa shape index (κ1) is 14.3. The van der Waals surface area contributed by atoms with Crippen LogP contribution in [-0.4, -0.2) is 10.9 Å². The van der Waals surface area contributed by atoms with E-state index in [9.17, 15) is 4.79 Å². The highest BCUT2D eigenvalue weighted by molar-refractivity contribution is 7.13. The van der Waals surface area contributed by atoms with Crippen molar-refractivity contribution in [3.05, 3.63) is 45.4 Å². The van der Waals surface area contributed by atoms with Gasteiger partial charge in [-0.3, -0.25) is 4.79 Å². The number of nitrogens with one attached hydrogen (secondary N) is 1. The molecule has 0 saturated heterocycles. The van der Waals surface area contributed by atoms with E-state index in [4.69, 9.17) is 23.2 Å². The third kappa shape index (κ3) is 4.49. The second-order valence-corrected chi connectivity index (χ2v) is 5.71. The van der Waals surface area contributed by atoms with Gasteiger partial charge in [0.1, 0.15) is 0 Å². The Kier molecular flexibility index (Phi) is 5.19. The molecule has 1 amide bonds. The van der Waals surface area contributed by atoms with Gasteiger partial charge in [0.15, 0.2) is 5.13 Å². The molecular weight excluding hydrogens is 303 g/mol. The zero-order valence-corrected chi connectivity index (χ0v) is 12.4. The third-order valence-electron chi connectivity index (χ3n) is 2.54. The molecule has 19 heavy (non-hydrogen) atoms. The molecule has 1 N–H and O–H groups in total. The second-order valence-electron chi connectivity index (χ2n) is 3.97. The predicted octanol–water partition coefficient (Wildman–Crippen LogP) is 4.41. The van der Waals surface area contributed by atoms with E-state index in [1.807, 2.05) is 11.4 Å². The van der Waals surface area contributed by atoms with Crippen LogP contribution in [0.25, 0.3) is 0 Å². The largest absolute Gasteiger partial charge is 0.302 e. The van der Waals surface area contributed by atoms with Crippen molar-refractivity contribution >= 4 is 45.6 Å². The molecule has 0 bridgehead atoms. The van der Waals surface area contributed by atoms with E-state index in [-0.39, 0.29) is 5.91 Å². The van der Waals surface area contributed by atoms with Gasteiger partial charge in [-0.15, -0.1) is 11.3 Å². The number of amides is 1. The molecule has 2 rings (SSSR count). The molecule has 0 radical (unpaired) electrons. The van der Waals surface area contributed by atoms with Gasteiger partial charge in [0.2, 0.25) is 5.91 Å². The van der Waals surface area contributed by atoms with E-state index in [0.717, 1.165) is 18.4 Å².